The Labute approximate surface area is 92.5 Å². The van der Waals surface area contributed by atoms with Crippen molar-refractivity contribution in [2.45, 2.75) is 65.0 Å². The first-order valence-electron chi connectivity index (χ1n) is 5.66. The summed E-state index contributed by atoms with van der Waals surface area (Å²) >= 11 is 0. The molecule has 4 N–H and O–H groups in total. The van der Waals surface area contributed by atoms with Crippen molar-refractivity contribution in [2.75, 3.05) is 0 Å². The van der Waals surface area contributed by atoms with Crippen LogP contribution in [0.5, 0.6) is 0 Å². The van der Waals surface area contributed by atoms with E-state index in [9.17, 15) is 4.79 Å². The second kappa shape index (κ2) is 13.4. The fraction of sp³-hybridized carbons (Fsp3) is 0.909. The third kappa shape index (κ3) is 31.8. The van der Waals surface area contributed by atoms with Crippen LogP contribution in [-0.2, 0) is 4.79 Å². The molecule has 0 aliphatic heterocycles. The molecule has 0 saturated heterocycles. The molecule has 0 aromatic heterocycles. The number of carbonyl (C=O) groups is 1. The average molecular weight is 219 g/mol. The highest BCUT2D eigenvalue weighted by Gasteiger charge is 1.95. The maximum Gasteiger partial charge on any atom is 0.303 e. The summed E-state index contributed by atoms with van der Waals surface area (Å²) in [6, 6.07) is 0. The molecular formula is C11H25NO3. The molecule has 0 aliphatic rings. The number of rotatable bonds is 7. The molecule has 1 atom stereocenters. The zero-order valence-electron chi connectivity index (χ0n) is 9.91. The van der Waals surface area contributed by atoms with E-state index in [1.165, 1.54) is 32.6 Å². The molecule has 15 heavy (non-hydrogen) atoms. The third-order valence-electron chi connectivity index (χ3n) is 1.74. The van der Waals surface area contributed by atoms with Gasteiger partial charge in [-0.2, -0.15) is 0 Å². The fourth-order valence-corrected chi connectivity index (χ4v) is 1.06. The van der Waals surface area contributed by atoms with E-state index in [4.69, 9.17) is 10.2 Å². The van der Waals surface area contributed by atoms with Crippen LogP contribution in [0.2, 0.25) is 0 Å². The second-order valence-corrected chi connectivity index (χ2v) is 3.65. The normalized spacial score (nSPS) is 11.5. The van der Waals surface area contributed by atoms with Crippen molar-refractivity contribution < 1.29 is 15.0 Å². The molecule has 0 saturated carbocycles. The van der Waals surface area contributed by atoms with Crippen LogP contribution in [0.15, 0.2) is 0 Å². The van der Waals surface area contributed by atoms with Crippen molar-refractivity contribution in [3.8, 4) is 0 Å². The monoisotopic (exact) mass is 219 g/mol. The minimum absolute atomic E-state index is 0.339. The van der Waals surface area contributed by atoms with E-state index in [-0.39, 0.29) is 0 Å². The summed E-state index contributed by atoms with van der Waals surface area (Å²) < 4.78 is 0. The number of aliphatic carboxylic acids is 1. The van der Waals surface area contributed by atoms with Gasteiger partial charge in [0.25, 0.3) is 0 Å². The van der Waals surface area contributed by atoms with Gasteiger partial charge in [0.15, 0.2) is 0 Å². The molecule has 0 spiro atoms. The number of aliphatic hydroxyl groups excluding tert-OH is 1. The number of carboxylic acid groups (broad SMARTS) is 1. The molecule has 0 aliphatic carbocycles. The standard InChI is InChI=1S/C9H18O2.C2H7NO/c1-2-3-4-5-6-7-8-9(10)11;1-2(3)4/h2-8H2,1H3,(H,10,11);2,4H,3H2,1H3. The van der Waals surface area contributed by atoms with Gasteiger partial charge in [-0.1, -0.05) is 39.0 Å². The Kier molecular flexibility index (Phi) is 15.0. The Bertz CT molecular complexity index is 135. The van der Waals surface area contributed by atoms with Crippen LogP contribution in [0.4, 0.5) is 0 Å². The molecule has 1 unspecified atom stereocenters. The highest BCUT2D eigenvalue weighted by molar-refractivity contribution is 5.66. The zero-order valence-corrected chi connectivity index (χ0v) is 9.91. The zero-order chi connectivity index (χ0) is 12.1. The Morgan fingerprint density at radius 2 is 1.60 bits per heavy atom. The number of hydrogen-bond donors (Lipinski definition) is 3. The Hall–Kier alpha value is -0.610. The molecular weight excluding hydrogens is 194 g/mol. The first-order chi connectivity index (χ1) is 7.00. The van der Waals surface area contributed by atoms with Gasteiger partial charge in [0, 0.05) is 6.42 Å². The topological polar surface area (TPSA) is 83.5 Å². The predicted octanol–water partition coefficient (Wildman–Crippen LogP) is 2.10. The molecule has 0 aromatic rings. The van der Waals surface area contributed by atoms with Gasteiger partial charge < -0.3 is 15.9 Å². The maximum atomic E-state index is 10.1. The lowest BCUT2D eigenvalue weighted by atomic mass is 10.1. The molecule has 0 fully saturated rings. The van der Waals surface area contributed by atoms with E-state index in [0.29, 0.717) is 6.42 Å². The molecule has 92 valence electrons. The van der Waals surface area contributed by atoms with E-state index in [2.05, 4.69) is 12.7 Å². The Morgan fingerprint density at radius 1 is 1.20 bits per heavy atom. The molecule has 0 aromatic carbocycles. The first-order valence-corrected chi connectivity index (χ1v) is 5.66. The van der Waals surface area contributed by atoms with E-state index in [1.807, 2.05) is 0 Å². The summed E-state index contributed by atoms with van der Waals surface area (Å²) in [4.78, 5) is 10.1. The van der Waals surface area contributed by atoms with Crippen LogP contribution in [0.3, 0.4) is 0 Å². The maximum absolute atomic E-state index is 10.1. The summed E-state index contributed by atoms with van der Waals surface area (Å²) in [6.07, 6.45) is 6.58. The largest absolute Gasteiger partial charge is 0.481 e. The van der Waals surface area contributed by atoms with Crippen molar-refractivity contribution in [2.24, 2.45) is 5.73 Å². The van der Waals surface area contributed by atoms with Crippen molar-refractivity contribution in [1.29, 1.82) is 0 Å². The average Bonchev–Trinajstić information content (AvgIpc) is 2.09. The quantitative estimate of drug-likeness (QED) is 0.452. The van der Waals surface area contributed by atoms with Crippen molar-refractivity contribution in [1.82, 2.24) is 0 Å². The van der Waals surface area contributed by atoms with Gasteiger partial charge in [0.05, 0.1) is 6.23 Å². The van der Waals surface area contributed by atoms with Crippen LogP contribution in [0, 0.1) is 0 Å². The van der Waals surface area contributed by atoms with Gasteiger partial charge in [0.1, 0.15) is 0 Å². The second-order valence-electron chi connectivity index (χ2n) is 3.65. The number of carboxylic acids is 1. The molecule has 4 heteroatoms. The third-order valence-corrected chi connectivity index (χ3v) is 1.74. The minimum atomic E-state index is -0.667. The van der Waals surface area contributed by atoms with Crippen LogP contribution >= 0.6 is 0 Å². The van der Waals surface area contributed by atoms with Crippen molar-refractivity contribution >= 4 is 5.97 Å². The highest BCUT2D eigenvalue weighted by atomic mass is 16.4. The predicted molar refractivity (Wildman–Crippen MR) is 61.5 cm³/mol. The van der Waals surface area contributed by atoms with Gasteiger partial charge in [0.2, 0.25) is 0 Å². The van der Waals surface area contributed by atoms with Gasteiger partial charge in [-0.3, -0.25) is 4.79 Å². The number of nitrogens with two attached hydrogens (primary N) is 1. The molecule has 0 amide bonds. The fourth-order valence-electron chi connectivity index (χ4n) is 1.06. The molecule has 0 radical (unpaired) electrons. The van der Waals surface area contributed by atoms with E-state index >= 15 is 0 Å². The Balaban J connectivity index is 0. The molecule has 0 bridgehead atoms. The molecule has 4 nitrogen and oxygen atoms in total. The number of hydrogen-bond acceptors (Lipinski definition) is 3. The highest BCUT2D eigenvalue weighted by Crippen LogP contribution is 2.06. The van der Waals surface area contributed by atoms with Gasteiger partial charge in [-0.25, -0.2) is 0 Å². The lowest BCUT2D eigenvalue weighted by Gasteiger charge is -1.97. The lowest BCUT2D eigenvalue weighted by molar-refractivity contribution is -0.137. The smallest absolute Gasteiger partial charge is 0.303 e. The summed E-state index contributed by atoms with van der Waals surface area (Å²) in [5.41, 5.74) is 4.67. The molecule has 0 rings (SSSR count). The van der Waals surface area contributed by atoms with Crippen LogP contribution in [-0.4, -0.2) is 22.4 Å². The van der Waals surface area contributed by atoms with Crippen molar-refractivity contribution in [3.63, 3.8) is 0 Å². The minimum Gasteiger partial charge on any atom is -0.481 e. The summed E-state index contributed by atoms with van der Waals surface area (Å²) in [5.74, 6) is -0.666. The number of unbranched alkanes of at least 4 members (excludes halogenated alkanes) is 5. The summed E-state index contributed by atoms with van der Waals surface area (Å²) in [7, 11) is 0. The van der Waals surface area contributed by atoms with Gasteiger partial charge in [-0.05, 0) is 13.3 Å². The first kappa shape index (κ1) is 16.8. The van der Waals surface area contributed by atoms with E-state index in [1.54, 1.807) is 0 Å². The lowest BCUT2D eigenvalue weighted by Crippen LogP contribution is -2.11. The van der Waals surface area contributed by atoms with Crippen LogP contribution < -0.4 is 5.73 Å². The SMILES string of the molecule is CC(N)O.CCCCCCCCC(=O)O. The molecule has 0 heterocycles. The summed E-state index contributed by atoms with van der Waals surface area (Å²) in [6.45, 7) is 3.68. The van der Waals surface area contributed by atoms with Gasteiger partial charge >= 0.3 is 5.97 Å². The summed E-state index contributed by atoms with van der Waals surface area (Å²) in [5, 5.41) is 16.1. The van der Waals surface area contributed by atoms with Crippen LogP contribution in [0.1, 0.15) is 58.8 Å². The Morgan fingerprint density at radius 3 is 2.00 bits per heavy atom. The number of aliphatic hydroxyl groups is 1. The van der Waals surface area contributed by atoms with Crippen LogP contribution in [0.25, 0.3) is 0 Å². The van der Waals surface area contributed by atoms with Gasteiger partial charge in [-0.15, -0.1) is 0 Å². The van der Waals surface area contributed by atoms with Crippen molar-refractivity contribution in [3.05, 3.63) is 0 Å². The van der Waals surface area contributed by atoms with E-state index < -0.39 is 12.2 Å². The van der Waals surface area contributed by atoms with E-state index in [0.717, 1.165) is 12.8 Å².